The zero-order valence-electron chi connectivity index (χ0n) is 17.9. The molecule has 0 aliphatic carbocycles. The first-order chi connectivity index (χ1) is 14.5. The van der Waals surface area contributed by atoms with Crippen LogP contribution in [-0.2, 0) is 6.54 Å². The quantitative estimate of drug-likeness (QED) is 0.500. The number of aromatic nitrogens is 2. The van der Waals surface area contributed by atoms with E-state index in [1.165, 1.54) is 31.1 Å². The number of fused-ring (bicyclic) bond motifs is 1. The van der Waals surface area contributed by atoms with Crippen molar-refractivity contribution in [1.29, 1.82) is 0 Å². The highest BCUT2D eigenvalue weighted by molar-refractivity contribution is 7.18. The number of methoxy groups -OCH3 is 1. The summed E-state index contributed by atoms with van der Waals surface area (Å²) in [4.78, 5) is 25.9. The van der Waals surface area contributed by atoms with Crippen LogP contribution in [0.5, 0.6) is 17.4 Å². The number of nitrogens with zero attached hydrogens (tertiary/aromatic N) is 3. The number of rotatable bonds is 6. The lowest BCUT2D eigenvalue weighted by Gasteiger charge is -2.25. The molecular weight excluding hydrogens is 398 g/mol. The van der Waals surface area contributed by atoms with Crippen molar-refractivity contribution in [2.75, 3.05) is 20.2 Å². The van der Waals surface area contributed by atoms with E-state index < -0.39 is 0 Å². The number of likely N-dealkylation sites (tertiary alicyclic amines) is 1. The number of Topliss-reactive ketones (excluding diaryl/α,β-unsaturated/α-hetero) is 1. The van der Waals surface area contributed by atoms with Gasteiger partial charge in [0, 0.05) is 10.4 Å². The Hall–Kier alpha value is -2.51. The standard InChI is InChI=1S/C23H27N3O3S/c1-14-16(3)30-23-21(14)22(24-20(25-23)13-26-10-6-5-7-11-26)29-18-9-8-17(15(2)27)12-19(18)28-4/h8-9,12H,5-7,10-11,13H2,1-4H3. The van der Waals surface area contributed by atoms with Crippen LogP contribution < -0.4 is 9.47 Å². The third-order valence-electron chi connectivity index (χ3n) is 5.63. The van der Waals surface area contributed by atoms with Gasteiger partial charge in [0.15, 0.2) is 17.3 Å². The number of ether oxygens (including phenoxy) is 2. The summed E-state index contributed by atoms with van der Waals surface area (Å²) >= 11 is 1.67. The van der Waals surface area contributed by atoms with Crippen molar-refractivity contribution in [2.24, 2.45) is 0 Å². The summed E-state index contributed by atoms with van der Waals surface area (Å²) in [6, 6.07) is 5.22. The maximum atomic E-state index is 11.7. The lowest BCUT2D eigenvalue weighted by molar-refractivity contribution is 0.101. The van der Waals surface area contributed by atoms with Crippen LogP contribution in [0, 0.1) is 13.8 Å². The zero-order chi connectivity index (χ0) is 21.3. The number of piperidine rings is 1. The predicted molar refractivity (Wildman–Crippen MR) is 119 cm³/mol. The molecule has 3 heterocycles. The average molecular weight is 426 g/mol. The van der Waals surface area contributed by atoms with Gasteiger partial charge in [0.05, 0.1) is 19.0 Å². The molecule has 30 heavy (non-hydrogen) atoms. The molecule has 1 fully saturated rings. The van der Waals surface area contributed by atoms with Crippen LogP contribution in [0.15, 0.2) is 18.2 Å². The van der Waals surface area contributed by atoms with Gasteiger partial charge in [-0.3, -0.25) is 9.69 Å². The smallest absolute Gasteiger partial charge is 0.231 e. The second-order valence-corrected chi connectivity index (χ2v) is 8.97. The van der Waals surface area contributed by atoms with E-state index in [1.807, 2.05) is 0 Å². The van der Waals surface area contributed by atoms with E-state index in [9.17, 15) is 4.79 Å². The molecule has 4 rings (SSSR count). The van der Waals surface area contributed by atoms with E-state index in [4.69, 9.17) is 19.4 Å². The predicted octanol–water partition coefficient (Wildman–Crippen LogP) is 5.30. The van der Waals surface area contributed by atoms with Gasteiger partial charge >= 0.3 is 0 Å². The number of aryl methyl sites for hydroxylation is 2. The van der Waals surface area contributed by atoms with Crippen LogP contribution in [0.1, 0.15) is 52.8 Å². The van der Waals surface area contributed by atoms with Crippen LogP contribution in [0.3, 0.4) is 0 Å². The summed E-state index contributed by atoms with van der Waals surface area (Å²) in [5.74, 6) is 2.35. The second kappa shape index (κ2) is 8.70. The third-order valence-corrected chi connectivity index (χ3v) is 6.73. The molecule has 158 valence electrons. The summed E-state index contributed by atoms with van der Waals surface area (Å²) in [7, 11) is 1.57. The van der Waals surface area contributed by atoms with Crippen molar-refractivity contribution in [1.82, 2.24) is 14.9 Å². The van der Waals surface area contributed by atoms with Crippen LogP contribution in [-0.4, -0.2) is 40.9 Å². The monoisotopic (exact) mass is 425 g/mol. The van der Waals surface area contributed by atoms with E-state index in [2.05, 4.69) is 18.7 Å². The maximum absolute atomic E-state index is 11.7. The molecule has 1 aliphatic heterocycles. The van der Waals surface area contributed by atoms with Gasteiger partial charge in [-0.05, 0) is 70.5 Å². The SMILES string of the molecule is COc1cc(C(C)=O)ccc1Oc1nc(CN2CCCCC2)nc2sc(C)c(C)c12. The molecule has 7 heteroatoms. The number of carbonyl (C=O) groups is 1. The number of ketones is 1. The highest BCUT2D eigenvalue weighted by Crippen LogP contribution is 2.39. The van der Waals surface area contributed by atoms with Crippen molar-refractivity contribution >= 4 is 27.3 Å². The summed E-state index contributed by atoms with van der Waals surface area (Å²) in [5, 5.41) is 0.942. The molecular formula is C23H27N3O3S. The summed E-state index contributed by atoms with van der Waals surface area (Å²) in [5.41, 5.74) is 1.72. The van der Waals surface area contributed by atoms with Crippen molar-refractivity contribution in [3.63, 3.8) is 0 Å². The molecule has 1 aliphatic rings. The molecule has 0 unspecified atom stereocenters. The van der Waals surface area contributed by atoms with Gasteiger partial charge in [0.1, 0.15) is 10.7 Å². The first-order valence-corrected chi connectivity index (χ1v) is 11.1. The minimum absolute atomic E-state index is 0.0163. The molecule has 2 aromatic heterocycles. The van der Waals surface area contributed by atoms with Gasteiger partial charge in [-0.1, -0.05) is 6.42 Å². The molecule has 0 N–H and O–H groups in total. The van der Waals surface area contributed by atoms with Crippen molar-refractivity contribution in [2.45, 2.75) is 46.6 Å². The fraction of sp³-hybridized carbons (Fsp3) is 0.435. The Bertz CT molecular complexity index is 1090. The van der Waals surface area contributed by atoms with Gasteiger partial charge in [-0.25, -0.2) is 4.98 Å². The first kappa shape index (κ1) is 20.8. The maximum Gasteiger partial charge on any atom is 0.231 e. The Morgan fingerprint density at radius 1 is 1.13 bits per heavy atom. The van der Waals surface area contributed by atoms with Gasteiger partial charge in [0.25, 0.3) is 0 Å². The van der Waals surface area contributed by atoms with Crippen LogP contribution in [0.4, 0.5) is 0 Å². The third kappa shape index (κ3) is 4.18. The second-order valence-electron chi connectivity index (χ2n) is 7.77. The highest BCUT2D eigenvalue weighted by atomic mass is 32.1. The van der Waals surface area contributed by atoms with Gasteiger partial charge < -0.3 is 9.47 Å². The van der Waals surface area contributed by atoms with Crippen molar-refractivity contribution in [3.05, 3.63) is 40.0 Å². The lowest BCUT2D eigenvalue weighted by atomic mass is 10.1. The van der Waals surface area contributed by atoms with Crippen LogP contribution in [0.25, 0.3) is 10.2 Å². The Morgan fingerprint density at radius 2 is 1.90 bits per heavy atom. The van der Waals surface area contributed by atoms with E-state index in [0.29, 0.717) is 22.9 Å². The molecule has 0 bridgehead atoms. The molecule has 6 nitrogen and oxygen atoms in total. The zero-order valence-corrected chi connectivity index (χ0v) is 18.8. The lowest BCUT2D eigenvalue weighted by Crippen LogP contribution is -2.29. The number of carbonyl (C=O) groups excluding carboxylic acids is 1. The summed E-state index contributed by atoms with van der Waals surface area (Å²) in [6.07, 6.45) is 3.75. The Kier molecular flexibility index (Phi) is 6.01. The molecule has 1 aromatic carbocycles. The van der Waals surface area contributed by atoms with Gasteiger partial charge in [-0.15, -0.1) is 11.3 Å². The van der Waals surface area contributed by atoms with Crippen LogP contribution in [0.2, 0.25) is 0 Å². The Morgan fingerprint density at radius 3 is 2.60 bits per heavy atom. The molecule has 3 aromatic rings. The highest BCUT2D eigenvalue weighted by Gasteiger charge is 2.20. The number of hydrogen-bond donors (Lipinski definition) is 0. The van der Waals surface area contributed by atoms with E-state index in [1.54, 1.807) is 36.6 Å². The number of hydrogen-bond acceptors (Lipinski definition) is 7. The largest absolute Gasteiger partial charge is 0.493 e. The first-order valence-electron chi connectivity index (χ1n) is 10.3. The molecule has 1 saturated heterocycles. The van der Waals surface area contributed by atoms with Crippen molar-refractivity contribution in [3.8, 4) is 17.4 Å². The Balaban J connectivity index is 1.74. The normalized spacial score (nSPS) is 14.8. The Labute approximate surface area is 180 Å². The van der Waals surface area contributed by atoms with E-state index in [-0.39, 0.29) is 5.78 Å². The minimum atomic E-state index is -0.0163. The van der Waals surface area contributed by atoms with Gasteiger partial charge in [-0.2, -0.15) is 4.98 Å². The summed E-state index contributed by atoms with van der Waals surface area (Å²) < 4.78 is 11.8. The van der Waals surface area contributed by atoms with E-state index >= 15 is 0 Å². The number of benzene rings is 1. The van der Waals surface area contributed by atoms with E-state index in [0.717, 1.165) is 41.2 Å². The molecule has 0 radical (unpaired) electrons. The number of thiophene rings is 1. The molecule has 0 saturated carbocycles. The minimum Gasteiger partial charge on any atom is -0.493 e. The average Bonchev–Trinajstić information content (AvgIpc) is 3.02. The fourth-order valence-corrected chi connectivity index (χ4v) is 4.83. The molecule has 0 spiro atoms. The summed E-state index contributed by atoms with van der Waals surface area (Å²) in [6.45, 7) is 8.60. The topological polar surface area (TPSA) is 64.6 Å². The fourth-order valence-electron chi connectivity index (χ4n) is 3.79. The molecule has 0 amide bonds. The van der Waals surface area contributed by atoms with Crippen LogP contribution >= 0.6 is 11.3 Å². The van der Waals surface area contributed by atoms with Crippen molar-refractivity contribution < 1.29 is 14.3 Å². The van der Waals surface area contributed by atoms with Gasteiger partial charge in [0.2, 0.25) is 5.88 Å². The molecule has 0 atom stereocenters.